The Morgan fingerprint density at radius 2 is 1.63 bits per heavy atom. The molecule has 1 aromatic heterocycles. The summed E-state index contributed by atoms with van der Waals surface area (Å²) in [6, 6.07) is 19.9. The SMILES string of the molecule is Cc1cccc(C)c1NC(=O)c1ccc2nc(NC(=O)Oc3ccccc3)sc2c1. The van der Waals surface area contributed by atoms with Crippen molar-refractivity contribution in [2.24, 2.45) is 0 Å². The number of ether oxygens (including phenoxy) is 1. The van der Waals surface area contributed by atoms with Crippen LogP contribution in [0.4, 0.5) is 15.6 Å². The molecule has 2 amide bonds. The molecule has 2 N–H and O–H groups in total. The number of amides is 2. The molecule has 6 nitrogen and oxygen atoms in total. The van der Waals surface area contributed by atoms with Gasteiger partial charge in [-0.25, -0.2) is 9.78 Å². The number of carbonyl (C=O) groups excluding carboxylic acids is 2. The number of aromatic nitrogens is 1. The maximum absolute atomic E-state index is 12.7. The Balaban J connectivity index is 1.49. The average molecular weight is 417 g/mol. The minimum Gasteiger partial charge on any atom is -0.410 e. The first-order valence-electron chi connectivity index (χ1n) is 9.31. The molecule has 1 heterocycles. The van der Waals surface area contributed by atoms with Gasteiger partial charge in [0.25, 0.3) is 5.91 Å². The third-order valence-electron chi connectivity index (χ3n) is 4.53. The van der Waals surface area contributed by atoms with E-state index in [2.05, 4.69) is 15.6 Å². The zero-order valence-corrected chi connectivity index (χ0v) is 17.2. The molecule has 0 fully saturated rings. The highest BCUT2D eigenvalue weighted by Gasteiger charge is 2.14. The second-order valence-corrected chi connectivity index (χ2v) is 7.78. The van der Waals surface area contributed by atoms with Crippen molar-refractivity contribution in [2.45, 2.75) is 13.8 Å². The highest BCUT2D eigenvalue weighted by atomic mass is 32.1. The van der Waals surface area contributed by atoms with Crippen molar-refractivity contribution >= 4 is 44.4 Å². The first-order chi connectivity index (χ1) is 14.5. The van der Waals surface area contributed by atoms with Crippen LogP contribution >= 0.6 is 11.3 Å². The fraction of sp³-hybridized carbons (Fsp3) is 0.0870. The van der Waals surface area contributed by atoms with Crippen molar-refractivity contribution < 1.29 is 14.3 Å². The lowest BCUT2D eigenvalue weighted by molar-refractivity contribution is 0.102. The maximum Gasteiger partial charge on any atom is 0.418 e. The van der Waals surface area contributed by atoms with Gasteiger partial charge < -0.3 is 10.1 Å². The molecule has 4 rings (SSSR count). The number of benzene rings is 3. The number of rotatable bonds is 4. The molecule has 30 heavy (non-hydrogen) atoms. The van der Waals surface area contributed by atoms with Gasteiger partial charge in [-0.15, -0.1) is 0 Å². The number of nitrogens with zero attached hydrogens (tertiary/aromatic N) is 1. The number of hydrogen-bond donors (Lipinski definition) is 2. The molecule has 0 radical (unpaired) electrons. The van der Waals surface area contributed by atoms with Gasteiger partial charge in [-0.3, -0.25) is 10.1 Å². The van der Waals surface area contributed by atoms with Gasteiger partial charge in [0.2, 0.25) is 0 Å². The third kappa shape index (κ3) is 4.31. The first-order valence-corrected chi connectivity index (χ1v) is 10.1. The highest BCUT2D eigenvalue weighted by Crippen LogP contribution is 2.28. The number of nitrogens with one attached hydrogen (secondary N) is 2. The molecule has 0 saturated heterocycles. The Labute approximate surface area is 177 Å². The van der Waals surface area contributed by atoms with Gasteiger partial charge in [-0.1, -0.05) is 47.7 Å². The molecule has 0 saturated carbocycles. The quantitative estimate of drug-likeness (QED) is 0.441. The van der Waals surface area contributed by atoms with E-state index in [-0.39, 0.29) is 5.91 Å². The summed E-state index contributed by atoms with van der Waals surface area (Å²) in [6.07, 6.45) is -0.617. The van der Waals surface area contributed by atoms with Gasteiger partial charge in [0, 0.05) is 11.3 Å². The molecule has 0 bridgehead atoms. The number of aryl methyl sites for hydroxylation is 2. The molecule has 0 aliphatic rings. The number of anilines is 2. The van der Waals surface area contributed by atoms with Crippen LogP contribution in [0.15, 0.2) is 66.7 Å². The van der Waals surface area contributed by atoms with E-state index < -0.39 is 6.09 Å². The molecule has 150 valence electrons. The number of para-hydroxylation sites is 2. The Bertz CT molecular complexity index is 1210. The van der Waals surface area contributed by atoms with Crippen molar-refractivity contribution in [1.82, 2.24) is 4.98 Å². The van der Waals surface area contributed by atoms with Gasteiger partial charge in [-0.05, 0) is 55.3 Å². The Morgan fingerprint density at radius 1 is 0.900 bits per heavy atom. The smallest absolute Gasteiger partial charge is 0.410 e. The zero-order chi connectivity index (χ0) is 21.1. The van der Waals surface area contributed by atoms with E-state index in [9.17, 15) is 9.59 Å². The molecule has 4 aromatic rings. The first kappa shape index (κ1) is 19.6. The second-order valence-electron chi connectivity index (χ2n) is 6.75. The number of carbonyl (C=O) groups is 2. The van der Waals surface area contributed by atoms with Gasteiger partial charge in [-0.2, -0.15) is 0 Å². The van der Waals surface area contributed by atoms with Gasteiger partial charge in [0.1, 0.15) is 5.75 Å². The van der Waals surface area contributed by atoms with E-state index in [1.807, 2.05) is 38.1 Å². The van der Waals surface area contributed by atoms with E-state index in [4.69, 9.17) is 4.74 Å². The number of fused-ring (bicyclic) bond motifs is 1. The van der Waals surface area contributed by atoms with Crippen LogP contribution in [0.1, 0.15) is 21.5 Å². The average Bonchev–Trinajstić information content (AvgIpc) is 3.12. The normalized spacial score (nSPS) is 10.6. The summed E-state index contributed by atoms with van der Waals surface area (Å²) in [5, 5.41) is 6.01. The molecule has 0 aliphatic carbocycles. The topological polar surface area (TPSA) is 80.3 Å². The summed E-state index contributed by atoms with van der Waals surface area (Å²) in [5.74, 6) is 0.252. The van der Waals surface area contributed by atoms with Crippen LogP contribution in [0, 0.1) is 13.8 Å². The highest BCUT2D eigenvalue weighted by molar-refractivity contribution is 7.22. The lowest BCUT2D eigenvalue weighted by Gasteiger charge is -2.11. The molecular weight excluding hydrogens is 398 g/mol. The van der Waals surface area contributed by atoms with Gasteiger partial charge in [0.15, 0.2) is 5.13 Å². The summed E-state index contributed by atoms with van der Waals surface area (Å²) in [6.45, 7) is 3.92. The van der Waals surface area contributed by atoms with E-state index in [1.165, 1.54) is 11.3 Å². The summed E-state index contributed by atoms with van der Waals surface area (Å²) >= 11 is 1.28. The van der Waals surface area contributed by atoms with Crippen LogP contribution in [0.2, 0.25) is 0 Å². The van der Waals surface area contributed by atoms with Crippen LogP contribution in [0.3, 0.4) is 0 Å². The summed E-state index contributed by atoms with van der Waals surface area (Å²) in [7, 11) is 0. The molecule has 0 spiro atoms. The van der Waals surface area contributed by atoms with Gasteiger partial charge >= 0.3 is 6.09 Å². The van der Waals surface area contributed by atoms with E-state index >= 15 is 0 Å². The van der Waals surface area contributed by atoms with Crippen molar-refractivity contribution in [2.75, 3.05) is 10.6 Å². The lowest BCUT2D eigenvalue weighted by atomic mass is 10.1. The molecule has 3 aromatic carbocycles. The minimum absolute atomic E-state index is 0.194. The fourth-order valence-corrected chi connectivity index (χ4v) is 3.92. The van der Waals surface area contributed by atoms with Gasteiger partial charge in [0.05, 0.1) is 10.2 Å². The predicted octanol–water partition coefficient (Wildman–Crippen LogP) is 5.78. The summed E-state index contributed by atoms with van der Waals surface area (Å²) in [4.78, 5) is 29.2. The largest absolute Gasteiger partial charge is 0.418 e. The lowest BCUT2D eigenvalue weighted by Crippen LogP contribution is -2.16. The monoisotopic (exact) mass is 417 g/mol. The van der Waals surface area contributed by atoms with Crippen molar-refractivity contribution in [3.8, 4) is 5.75 Å². The molecule has 0 atom stereocenters. The van der Waals surface area contributed by atoms with E-state index in [0.29, 0.717) is 22.0 Å². The number of thiazole rings is 1. The molecule has 7 heteroatoms. The van der Waals surface area contributed by atoms with Crippen LogP contribution in [0.5, 0.6) is 5.75 Å². The Morgan fingerprint density at radius 3 is 2.37 bits per heavy atom. The Kier molecular flexibility index (Phi) is 5.45. The third-order valence-corrected chi connectivity index (χ3v) is 5.47. The fourth-order valence-electron chi connectivity index (χ4n) is 3.03. The van der Waals surface area contributed by atoms with Crippen molar-refractivity contribution in [3.63, 3.8) is 0 Å². The predicted molar refractivity (Wildman–Crippen MR) is 120 cm³/mol. The minimum atomic E-state index is -0.617. The number of hydrogen-bond acceptors (Lipinski definition) is 5. The van der Waals surface area contributed by atoms with E-state index in [1.54, 1.807) is 42.5 Å². The van der Waals surface area contributed by atoms with Crippen LogP contribution in [-0.4, -0.2) is 17.0 Å². The second kappa shape index (κ2) is 8.34. The van der Waals surface area contributed by atoms with E-state index in [0.717, 1.165) is 21.5 Å². The molecule has 0 aliphatic heterocycles. The van der Waals surface area contributed by atoms with Crippen LogP contribution < -0.4 is 15.4 Å². The Hall–Kier alpha value is -3.71. The van der Waals surface area contributed by atoms with Crippen molar-refractivity contribution in [1.29, 1.82) is 0 Å². The standard InChI is InChI=1S/C23H19N3O3S/c1-14-7-6-8-15(2)20(14)25-21(27)16-11-12-18-19(13-16)30-22(24-18)26-23(28)29-17-9-4-3-5-10-17/h3-13H,1-2H3,(H,25,27)(H,24,26,28). The van der Waals surface area contributed by atoms with Crippen LogP contribution in [0.25, 0.3) is 10.2 Å². The molecule has 0 unspecified atom stereocenters. The summed E-state index contributed by atoms with van der Waals surface area (Å²) < 4.78 is 6.01. The van der Waals surface area contributed by atoms with Crippen molar-refractivity contribution in [3.05, 3.63) is 83.4 Å². The molecular formula is C23H19N3O3S. The van der Waals surface area contributed by atoms with Crippen LogP contribution in [-0.2, 0) is 0 Å². The summed E-state index contributed by atoms with van der Waals surface area (Å²) in [5.41, 5.74) is 4.04. The zero-order valence-electron chi connectivity index (χ0n) is 16.4. The maximum atomic E-state index is 12.7.